The van der Waals surface area contributed by atoms with Crippen molar-refractivity contribution in [1.82, 2.24) is 4.72 Å². The standard InChI is InChI=1S/C7H5BrF3NO4S2/c8-5-4(1-3(17-5)6(13)14)18(15,16)12-2-7(9,10)11/h1,12H,2H2,(H,13,14). The second-order valence-corrected chi connectivity index (χ2v) is 7.10. The van der Waals surface area contributed by atoms with Crippen molar-refractivity contribution in [2.45, 2.75) is 11.1 Å². The average Bonchev–Trinajstić information content (AvgIpc) is 2.57. The van der Waals surface area contributed by atoms with Gasteiger partial charge in [0.2, 0.25) is 10.0 Å². The number of rotatable bonds is 4. The van der Waals surface area contributed by atoms with Gasteiger partial charge in [-0.05, 0) is 22.0 Å². The third-order valence-corrected chi connectivity index (χ3v) is 5.26. The largest absolute Gasteiger partial charge is 0.477 e. The molecule has 102 valence electrons. The van der Waals surface area contributed by atoms with Crippen molar-refractivity contribution in [2.75, 3.05) is 6.54 Å². The summed E-state index contributed by atoms with van der Waals surface area (Å²) < 4.78 is 60.0. The highest BCUT2D eigenvalue weighted by Gasteiger charge is 2.31. The van der Waals surface area contributed by atoms with Crippen molar-refractivity contribution in [3.05, 3.63) is 14.7 Å². The van der Waals surface area contributed by atoms with Crippen molar-refractivity contribution < 1.29 is 31.5 Å². The molecule has 1 rings (SSSR count). The van der Waals surface area contributed by atoms with Gasteiger partial charge in [-0.2, -0.15) is 13.2 Å². The Morgan fingerprint density at radius 3 is 2.44 bits per heavy atom. The van der Waals surface area contributed by atoms with Gasteiger partial charge in [-0.15, -0.1) is 11.3 Å². The van der Waals surface area contributed by atoms with Crippen LogP contribution < -0.4 is 4.72 Å². The Morgan fingerprint density at radius 1 is 1.50 bits per heavy atom. The lowest BCUT2D eigenvalue weighted by Gasteiger charge is -2.08. The van der Waals surface area contributed by atoms with Gasteiger partial charge in [-0.1, -0.05) is 0 Å². The molecule has 0 atom stereocenters. The predicted octanol–water partition coefficient (Wildman–Crippen LogP) is 2.05. The van der Waals surface area contributed by atoms with Gasteiger partial charge >= 0.3 is 12.1 Å². The second-order valence-electron chi connectivity index (χ2n) is 2.99. The number of thiophene rings is 1. The molecule has 1 heterocycles. The molecule has 0 aromatic carbocycles. The minimum absolute atomic E-state index is 0.0745. The summed E-state index contributed by atoms with van der Waals surface area (Å²) >= 11 is 3.40. The molecule has 0 spiro atoms. The zero-order valence-electron chi connectivity index (χ0n) is 8.28. The maximum absolute atomic E-state index is 11.9. The van der Waals surface area contributed by atoms with Crippen LogP contribution in [-0.4, -0.2) is 32.2 Å². The fraction of sp³-hybridized carbons (Fsp3) is 0.286. The average molecular weight is 368 g/mol. The molecule has 0 unspecified atom stereocenters. The quantitative estimate of drug-likeness (QED) is 0.852. The van der Waals surface area contributed by atoms with Crippen LogP contribution in [0.15, 0.2) is 14.7 Å². The van der Waals surface area contributed by atoms with Crippen molar-refractivity contribution in [2.24, 2.45) is 0 Å². The van der Waals surface area contributed by atoms with Gasteiger partial charge < -0.3 is 5.11 Å². The lowest BCUT2D eigenvalue weighted by atomic mass is 10.5. The molecule has 0 saturated heterocycles. The van der Waals surface area contributed by atoms with E-state index in [-0.39, 0.29) is 8.66 Å². The first-order chi connectivity index (χ1) is 8.03. The molecule has 0 aliphatic carbocycles. The van der Waals surface area contributed by atoms with E-state index in [1.807, 2.05) is 0 Å². The summed E-state index contributed by atoms with van der Waals surface area (Å²) in [5.41, 5.74) is 0. The molecule has 0 saturated carbocycles. The number of carboxylic acids is 1. The molecule has 11 heteroatoms. The zero-order valence-corrected chi connectivity index (χ0v) is 11.5. The minimum atomic E-state index is -4.69. The van der Waals surface area contributed by atoms with Crippen LogP contribution in [0.25, 0.3) is 0 Å². The lowest BCUT2D eigenvalue weighted by molar-refractivity contribution is -0.121. The van der Waals surface area contributed by atoms with E-state index in [1.165, 1.54) is 4.72 Å². The summed E-state index contributed by atoms with van der Waals surface area (Å²) in [4.78, 5) is 9.77. The van der Waals surface area contributed by atoms with E-state index in [4.69, 9.17) is 5.11 Å². The summed E-state index contributed by atoms with van der Waals surface area (Å²) in [7, 11) is -4.41. The monoisotopic (exact) mass is 367 g/mol. The zero-order chi connectivity index (χ0) is 14.1. The van der Waals surface area contributed by atoms with Crippen LogP contribution in [0.2, 0.25) is 0 Å². The van der Waals surface area contributed by atoms with Gasteiger partial charge in [0, 0.05) is 0 Å². The third-order valence-electron chi connectivity index (χ3n) is 1.62. The van der Waals surface area contributed by atoms with Crippen LogP contribution in [0.4, 0.5) is 13.2 Å². The molecule has 5 nitrogen and oxygen atoms in total. The van der Waals surface area contributed by atoms with E-state index in [9.17, 15) is 26.4 Å². The Kier molecular flexibility index (Phi) is 4.41. The lowest BCUT2D eigenvalue weighted by Crippen LogP contribution is -2.33. The molecule has 0 bridgehead atoms. The molecular formula is C7H5BrF3NO4S2. The fourth-order valence-electron chi connectivity index (χ4n) is 0.895. The number of carbonyl (C=O) groups is 1. The maximum atomic E-state index is 11.9. The molecular weight excluding hydrogens is 363 g/mol. The number of carboxylic acid groups (broad SMARTS) is 1. The van der Waals surface area contributed by atoms with E-state index in [0.717, 1.165) is 6.07 Å². The molecule has 2 N–H and O–H groups in total. The maximum Gasteiger partial charge on any atom is 0.402 e. The number of sulfonamides is 1. The summed E-state index contributed by atoms with van der Waals surface area (Å²) in [5.74, 6) is -1.36. The number of alkyl halides is 3. The van der Waals surface area contributed by atoms with Crippen molar-refractivity contribution in [3.8, 4) is 0 Å². The van der Waals surface area contributed by atoms with Gasteiger partial charge in [-0.3, -0.25) is 0 Å². The Labute approximate surface area is 112 Å². The van der Waals surface area contributed by atoms with Crippen molar-refractivity contribution >= 4 is 43.3 Å². The summed E-state index contributed by atoms with van der Waals surface area (Å²) in [6.07, 6.45) is -4.69. The highest BCUT2D eigenvalue weighted by Crippen LogP contribution is 2.31. The molecule has 1 aromatic heterocycles. The van der Waals surface area contributed by atoms with Crippen molar-refractivity contribution in [1.29, 1.82) is 0 Å². The van der Waals surface area contributed by atoms with E-state index >= 15 is 0 Å². The normalized spacial score (nSPS) is 12.7. The number of nitrogens with one attached hydrogen (secondary N) is 1. The summed E-state index contributed by atoms with van der Waals surface area (Å²) in [6, 6.07) is 0.787. The summed E-state index contributed by atoms with van der Waals surface area (Å²) in [6.45, 7) is -1.72. The van der Waals surface area contributed by atoms with E-state index in [1.54, 1.807) is 0 Å². The second kappa shape index (κ2) is 5.15. The SMILES string of the molecule is O=C(O)c1cc(S(=O)(=O)NCC(F)(F)F)c(Br)s1. The highest BCUT2D eigenvalue weighted by atomic mass is 79.9. The first-order valence-corrected chi connectivity index (χ1v) is 7.21. The Hall–Kier alpha value is -0.650. The Bertz CT molecular complexity index is 566. The number of aromatic carboxylic acids is 1. The summed E-state index contributed by atoms with van der Waals surface area (Å²) in [5, 5.41) is 8.64. The molecule has 0 aliphatic rings. The van der Waals surface area contributed by atoms with Crippen LogP contribution in [0.3, 0.4) is 0 Å². The van der Waals surface area contributed by atoms with E-state index in [0.29, 0.717) is 11.3 Å². The Morgan fingerprint density at radius 2 is 2.06 bits per heavy atom. The fourth-order valence-corrected chi connectivity index (χ4v) is 4.31. The number of hydrogen-bond acceptors (Lipinski definition) is 4. The third kappa shape index (κ3) is 3.93. The number of halogens is 4. The van der Waals surface area contributed by atoms with Crippen LogP contribution >= 0.6 is 27.3 Å². The molecule has 0 aliphatic heterocycles. The Balaban J connectivity index is 3.02. The van der Waals surface area contributed by atoms with Crippen LogP contribution in [0.5, 0.6) is 0 Å². The molecule has 18 heavy (non-hydrogen) atoms. The number of hydrogen-bond donors (Lipinski definition) is 2. The molecule has 0 amide bonds. The van der Waals surface area contributed by atoms with Gasteiger partial charge in [0.25, 0.3) is 0 Å². The smallest absolute Gasteiger partial charge is 0.402 e. The van der Waals surface area contributed by atoms with E-state index < -0.39 is 33.6 Å². The van der Waals surface area contributed by atoms with Gasteiger partial charge in [0.05, 0.1) is 3.79 Å². The first kappa shape index (κ1) is 15.4. The topological polar surface area (TPSA) is 83.5 Å². The molecule has 1 aromatic rings. The van der Waals surface area contributed by atoms with Crippen LogP contribution in [0, 0.1) is 0 Å². The van der Waals surface area contributed by atoms with Gasteiger partial charge in [-0.25, -0.2) is 17.9 Å². The molecule has 0 fully saturated rings. The van der Waals surface area contributed by atoms with Crippen LogP contribution in [0.1, 0.15) is 9.67 Å². The van der Waals surface area contributed by atoms with Crippen LogP contribution in [-0.2, 0) is 10.0 Å². The highest BCUT2D eigenvalue weighted by molar-refractivity contribution is 9.11. The minimum Gasteiger partial charge on any atom is -0.477 e. The molecule has 0 radical (unpaired) electrons. The van der Waals surface area contributed by atoms with Crippen molar-refractivity contribution in [3.63, 3.8) is 0 Å². The van der Waals surface area contributed by atoms with Gasteiger partial charge in [0.1, 0.15) is 16.3 Å². The van der Waals surface area contributed by atoms with E-state index in [2.05, 4.69) is 15.9 Å². The van der Waals surface area contributed by atoms with Gasteiger partial charge in [0.15, 0.2) is 0 Å². The predicted molar refractivity (Wildman–Crippen MR) is 60.2 cm³/mol. The first-order valence-electron chi connectivity index (χ1n) is 4.12.